The van der Waals surface area contributed by atoms with Crippen LogP contribution in [0.4, 0.5) is 0 Å². The Morgan fingerprint density at radius 2 is 1.50 bits per heavy atom. The van der Waals surface area contributed by atoms with Crippen LogP contribution in [0.2, 0.25) is 0 Å². The molecule has 0 saturated carbocycles. The van der Waals surface area contributed by atoms with Crippen LogP contribution in [0.3, 0.4) is 0 Å². The predicted octanol–water partition coefficient (Wildman–Crippen LogP) is 4.27. The molecule has 1 N–H and O–H groups in total. The number of oxime groups is 1. The largest absolute Gasteiger partial charge is 0.411 e. The first-order valence-electron chi connectivity index (χ1n) is 7.75. The van der Waals surface area contributed by atoms with Crippen LogP contribution in [0.25, 0.3) is 0 Å². The number of hydrogen-bond donors (Lipinski definition) is 1. The summed E-state index contributed by atoms with van der Waals surface area (Å²) >= 11 is 0. The third kappa shape index (κ3) is 2.64. The highest BCUT2D eigenvalue weighted by Gasteiger charge is 2.38. The fourth-order valence-corrected chi connectivity index (χ4v) is 3.59. The van der Waals surface area contributed by atoms with Crippen molar-refractivity contribution in [2.24, 2.45) is 11.1 Å². The number of rotatable bonds is 2. The van der Waals surface area contributed by atoms with Crippen molar-refractivity contribution in [2.45, 2.75) is 25.4 Å². The number of hydrogen-bond acceptors (Lipinski definition) is 3. The summed E-state index contributed by atoms with van der Waals surface area (Å²) < 4.78 is 0. The average molecular weight is 294 g/mol. The summed E-state index contributed by atoms with van der Waals surface area (Å²) in [6.45, 7) is 2.14. The van der Waals surface area contributed by atoms with Crippen LogP contribution < -0.4 is 0 Å². The monoisotopic (exact) mass is 294 g/mol. The van der Waals surface area contributed by atoms with E-state index in [1.54, 1.807) is 0 Å². The lowest BCUT2D eigenvalue weighted by Gasteiger charge is -2.44. The zero-order valence-corrected chi connectivity index (χ0v) is 13.1. The van der Waals surface area contributed by atoms with Crippen molar-refractivity contribution in [1.29, 1.82) is 0 Å². The van der Waals surface area contributed by atoms with E-state index in [-0.39, 0.29) is 18.0 Å². The summed E-state index contributed by atoms with van der Waals surface area (Å²) in [7, 11) is 2.17. The average Bonchev–Trinajstić information content (AvgIpc) is 2.57. The summed E-state index contributed by atoms with van der Waals surface area (Å²) in [6.07, 6.45) is 0.765. The van der Waals surface area contributed by atoms with Crippen molar-refractivity contribution in [3.05, 3.63) is 71.8 Å². The molecule has 0 unspecified atom stereocenters. The Hall–Kier alpha value is -2.13. The van der Waals surface area contributed by atoms with Crippen LogP contribution in [0, 0.1) is 5.92 Å². The van der Waals surface area contributed by atoms with Crippen LogP contribution in [0.1, 0.15) is 36.6 Å². The maximum Gasteiger partial charge on any atom is 0.0636 e. The van der Waals surface area contributed by atoms with E-state index < -0.39 is 0 Å². The summed E-state index contributed by atoms with van der Waals surface area (Å²) in [5, 5.41) is 13.1. The molecule has 0 spiro atoms. The van der Waals surface area contributed by atoms with Crippen LogP contribution in [0.5, 0.6) is 0 Å². The van der Waals surface area contributed by atoms with Crippen LogP contribution in [0.15, 0.2) is 65.8 Å². The highest BCUT2D eigenvalue weighted by molar-refractivity contribution is 5.88. The maximum atomic E-state index is 9.45. The van der Waals surface area contributed by atoms with E-state index in [9.17, 15) is 5.21 Å². The molecule has 2 aromatic rings. The van der Waals surface area contributed by atoms with Gasteiger partial charge in [-0.1, -0.05) is 72.7 Å². The fraction of sp³-hybridized carbons (Fsp3) is 0.316. The number of benzene rings is 2. The molecule has 0 bridgehead atoms. The third-order valence-electron chi connectivity index (χ3n) is 4.79. The molecule has 0 aliphatic carbocycles. The van der Waals surface area contributed by atoms with E-state index in [1.807, 2.05) is 12.1 Å². The van der Waals surface area contributed by atoms with Crippen LogP contribution in [-0.4, -0.2) is 22.9 Å². The smallest absolute Gasteiger partial charge is 0.0636 e. The second-order valence-corrected chi connectivity index (χ2v) is 6.03. The van der Waals surface area contributed by atoms with E-state index in [1.165, 1.54) is 11.1 Å². The Morgan fingerprint density at radius 1 is 0.955 bits per heavy atom. The van der Waals surface area contributed by atoms with Gasteiger partial charge in [0.05, 0.1) is 5.71 Å². The minimum Gasteiger partial charge on any atom is -0.411 e. The summed E-state index contributed by atoms with van der Waals surface area (Å²) in [5.74, 6) is 0.192. The van der Waals surface area contributed by atoms with Gasteiger partial charge in [-0.15, -0.1) is 0 Å². The standard InChI is InChI=1S/C19H22N2O/c1-14-17(20-22)13-18(15-9-5-3-6-10-15)21(2)19(14)16-11-7-4-8-12-16/h3-12,14,18-19,22H,13H2,1-2H3/t14-,18-,19-/m0/s1. The van der Waals surface area contributed by atoms with Crippen molar-refractivity contribution < 1.29 is 5.21 Å². The van der Waals surface area contributed by atoms with E-state index in [2.05, 4.69) is 72.6 Å². The van der Waals surface area contributed by atoms with Gasteiger partial charge in [-0.2, -0.15) is 0 Å². The first-order valence-corrected chi connectivity index (χ1v) is 7.75. The van der Waals surface area contributed by atoms with Gasteiger partial charge in [-0.25, -0.2) is 0 Å². The van der Waals surface area contributed by atoms with Gasteiger partial charge in [0, 0.05) is 24.4 Å². The lowest BCUT2D eigenvalue weighted by Crippen LogP contribution is -2.42. The molecule has 0 radical (unpaired) electrons. The molecule has 3 atom stereocenters. The first kappa shape index (κ1) is 14.8. The molecule has 0 aromatic heterocycles. The molecule has 1 saturated heterocycles. The van der Waals surface area contributed by atoms with Crippen molar-refractivity contribution in [1.82, 2.24) is 4.90 Å². The molecule has 114 valence electrons. The normalized spacial score (nSPS) is 27.9. The zero-order valence-electron chi connectivity index (χ0n) is 13.1. The van der Waals surface area contributed by atoms with Gasteiger partial charge in [0.25, 0.3) is 0 Å². The molecule has 3 rings (SSSR count). The van der Waals surface area contributed by atoms with Gasteiger partial charge < -0.3 is 5.21 Å². The van der Waals surface area contributed by atoms with Crippen LogP contribution in [-0.2, 0) is 0 Å². The van der Waals surface area contributed by atoms with Crippen LogP contribution >= 0.6 is 0 Å². The van der Waals surface area contributed by atoms with Crippen molar-refractivity contribution in [2.75, 3.05) is 7.05 Å². The topological polar surface area (TPSA) is 35.8 Å². The quantitative estimate of drug-likeness (QED) is 0.663. The Balaban J connectivity index is 2.01. The van der Waals surface area contributed by atoms with E-state index in [0.717, 1.165) is 12.1 Å². The van der Waals surface area contributed by atoms with E-state index in [4.69, 9.17) is 0 Å². The summed E-state index contributed by atoms with van der Waals surface area (Å²) in [4.78, 5) is 2.41. The van der Waals surface area contributed by atoms with Crippen molar-refractivity contribution in [3.8, 4) is 0 Å². The van der Waals surface area contributed by atoms with Gasteiger partial charge in [0.1, 0.15) is 0 Å². The highest BCUT2D eigenvalue weighted by atomic mass is 16.4. The molecule has 1 aliphatic heterocycles. The van der Waals surface area contributed by atoms with Gasteiger partial charge in [0.2, 0.25) is 0 Å². The zero-order chi connectivity index (χ0) is 15.5. The Labute approximate surface area is 131 Å². The lowest BCUT2D eigenvalue weighted by molar-refractivity contribution is 0.128. The summed E-state index contributed by atoms with van der Waals surface area (Å²) in [5.41, 5.74) is 3.40. The lowest BCUT2D eigenvalue weighted by atomic mass is 9.80. The molecule has 3 heteroatoms. The van der Waals surface area contributed by atoms with E-state index in [0.29, 0.717) is 0 Å². The molecule has 1 fully saturated rings. The van der Waals surface area contributed by atoms with E-state index >= 15 is 0 Å². The molecule has 22 heavy (non-hydrogen) atoms. The maximum absolute atomic E-state index is 9.45. The molecule has 3 nitrogen and oxygen atoms in total. The van der Waals surface area contributed by atoms with Gasteiger partial charge in [0.15, 0.2) is 0 Å². The summed E-state index contributed by atoms with van der Waals surface area (Å²) in [6, 6.07) is 21.4. The second kappa shape index (κ2) is 6.32. The predicted molar refractivity (Wildman–Crippen MR) is 89.1 cm³/mol. The Kier molecular flexibility index (Phi) is 4.25. The molecule has 0 amide bonds. The molecule has 1 heterocycles. The second-order valence-electron chi connectivity index (χ2n) is 6.03. The Morgan fingerprint density at radius 3 is 2.05 bits per heavy atom. The SMILES string of the molecule is C[C@H]1C(=NO)C[C@@H](c2ccccc2)N(C)[C@@H]1c1ccccc1. The molecule has 1 aliphatic rings. The molecular weight excluding hydrogens is 272 g/mol. The number of nitrogens with zero attached hydrogens (tertiary/aromatic N) is 2. The number of likely N-dealkylation sites (tertiary alicyclic amines) is 1. The van der Waals surface area contributed by atoms with Gasteiger partial charge >= 0.3 is 0 Å². The van der Waals surface area contributed by atoms with Gasteiger partial charge in [-0.05, 0) is 18.2 Å². The highest BCUT2D eigenvalue weighted by Crippen LogP contribution is 2.42. The minimum absolute atomic E-state index is 0.192. The number of piperidine rings is 1. The van der Waals surface area contributed by atoms with Crippen molar-refractivity contribution >= 4 is 5.71 Å². The molecular formula is C19H22N2O. The van der Waals surface area contributed by atoms with Crippen molar-refractivity contribution in [3.63, 3.8) is 0 Å². The first-order chi connectivity index (χ1) is 10.7. The minimum atomic E-state index is 0.192. The fourth-order valence-electron chi connectivity index (χ4n) is 3.59. The Bertz CT molecular complexity index is 639. The third-order valence-corrected chi connectivity index (χ3v) is 4.79. The van der Waals surface area contributed by atoms with Gasteiger partial charge in [-0.3, -0.25) is 4.90 Å². The molecule has 2 aromatic carbocycles.